The summed E-state index contributed by atoms with van der Waals surface area (Å²) in [5.41, 5.74) is 0.455. The van der Waals surface area contributed by atoms with Gasteiger partial charge in [0, 0.05) is 18.1 Å². The molecular formula is C18H36Cl2N2O4. The number of ether oxygens (including phenoxy) is 2. The number of halogens is 2. The van der Waals surface area contributed by atoms with E-state index >= 15 is 0 Å². The van der Waals surface area contributed by atoms with Gasteiger partial charge in [-0.25, -0.2) is 9.59 Å². The third kappa shape index (κ3) is 27.8. The highest BCUT2D eigenvalue weighted by Crippen LogP contribution is 1.95. The summed E-state index contributed by atoms with van der Waals surface area (Å²) in [7, 11) is 12.5. The molecular weight excluding hydrogens is 379 g/mol. The number of esters is 2. The summed E-state index contributed by atoms with van der Waals surface area (Å²) >= 11 is 0. The second kappa shape index (κ2) is 16.1. The van der Waals surface area contributed by atoms with Crippen molar-refractivity contribution in [3.8, 4) is 0 Å². The monoisotopic (exact) mass is 414 g/mol. The number of hydrogen-bond acceptors (Lipinski definition) is 4. The Morgan fingerprint density at radius 1 is 0.885 bits per heavy atom. The number of likely N-dealkylation sites (N-methyl/N-ethyl adjacent to an activating group) is 1. The Kier molecular flexibility index (Phi) is 20.2. The average Bonchev–Trinajstić information content (AvgIpc) is 2.41. The Hall–Kier alpha value is -1.08. The molecule has 0 aliphatic heterocycles. The van der Waals surface area contributed by atoms with E-state index in [2.05, 4.69) is 55.4 Å². The molecule has 0 spiro atoms. The van der Waals surface area contributed by atoms with Crippen molar-refractivity contribution in [3.63, 3.8) is 0 Å². The van der Waals surface area contributed by atoms with Gasteiger partial charge in [-0.05, 0) is 6.92 Å². The number of nitrogens with zero attached hydrogens (tertiary/aromatic N) is 2. The van der Waals surface area contributed by atoms with Gasteiger partial charge in [-0.1, -0.05) is 13.2 Å². The summed E-state index contributed by atoms with van der Waals surface area (Å²) in [6.07, 6.45) is 2.08. The van der Waals surface area contributed by atoms with Gasteiger partial charge in [0.05, 0.1) is 55.4 Å². The van der Waals surface area contributed by atoms with Crippen LogP contribution in [0.4, 0.5) is 0 Å². The molecule has 156 valence electrons. The van der Waals surface area contributed by atoms with Crippen LogP contribution in [-0.2, 0) is 19.1 Å². The maximum atomic E-state index is 10.9. The van der Waals surface area contributed by atoms with Crippen LogP contribution in [0.2, 0.25) is 0 Å². The van der Waals surface area contributed by atoms with Gasteiger partial charge in [0.25, 0.3) is 0 Å². The van der Waals surface area contributed by atoms with Gasteiger partial charge in [-0.3, -0.25) is 0 Å². The largest absolute Gasteiger partial charge is 1.00 e. The van der Waals surface area contributed by atoms with Crippen molar-refractivity contribution in [1.82, 2.24) is 0 Å². The van der Waals surface area contributed by atoms with Crippen LogP contribution in [0.15, 0.2) is 24.8 Å². The molecule has 0 atom stereocenters. The average molecular weight is 415 g/mol. The Bertz CT molecular complexity index is 426. The van der Waals surface area contributed by atoms with E-state index in [0.29, 0.717) is 18.8 Å². The molecule has 0 bridgehead atoms. The maximum absolute atomic E-state index is 10.9. The molecule has 0 aromatic rings. The first-order valence-electron chi connectivity index (χ1n) is 8.01. The molecule has 0 N–H and O–H groups in total. The van der Waals surface area contributed by atoms with E-state index in [1.54, 1.807) is 6.92 Å². The summed E-state index contributed by atoms with van der Waals surface area (Å²) in [5.74, 6) is -0.639. The van der Waals surface area contributed by atoms with Crippen LogP contribution in [0.5, 0.6) is 0 Å². The van der Waals surface area contributed by atoms with Gasteiger partial charge in [-0.2, -0.15) is 0 Å². The van der Waals surface area contributed by atoms with Gasteiger partial charge >= 0.3 is 11.9 Å². The Morgan fingerprint density at radius 2 is 1.35 bits per heavy atom. The Morgan fingerprint density at radius 3 is 1.69 bits per heavy atom. The summed E-state index contributed by atoms with van der Waals surface area (Å²) in [6.45, 7) is 11.2. The smallest absolute Gasteiger partial charge is 0.333 e. The lowest BCUT2D eigenvalue weighted by molar-refractivity contribution is -0.870. The third-order valence-electron chi connectivity index (χ3n) is 2.73. The fourth-order valence-corrected chi connectivity index (χ4v) is 1.31. The van der Waals surface area contributed by atoms with Crippen molar-refractivity contribution >= 4 is 11.9 Å². The zero-order chi connectivity index (χ0) is 19.4. The van der Waals surface area contributed by atoms with Crippen molar-refractivity contribution in [3.05, 3.63) is 24.8 Å². The summed E-state index contributed by atoms with van der Waals surface area (Å²) in [6, 6.07) is 0. The van der Waals surface area contributed by atoms with Crippen LogP contribution in [0.3, 0.4) is 0 Å². The number of carbonyl (C=O) groups is 2. The van der Waals surface area contributed by atoms with Gasteiger partial charge in [-0.15, -0.1) is 0 Å². The van der Waals surface area contributed by atoms with E-state index in [1.807, 2.05) is 0 Å². The molecule has 0 aromatic heterocycles. The molecule has 0 rings (SSSR count). The molecule has 0 amide bonds. The minimum atomic E-state index is -0.337. The molecule has 0 aromatic carbocycles. The molecule has 0 fully saturated rings. The van der Waals surface area contributed by atoms with Crippen molar-refractivity contribution in [2.45, 2.75) is 13.3 Å². The van der Waals surface area contributed by atoms with Gasteiger partial charge in [0.2, 0.25) is 0 Å². The lowest BCUT2D eigenvalue weighted by Crippen LogP contribution is -3.00. The van der Waals surface area contributed by atoms with Gasteiger partial charge in [0.1, 0.15) is 13.2 Å². The topological polar surface area (TPSA) is 52.6 Å². The van der Waals surface area contributed by atoms with Crippen molar-refractivity contribution in [1.29, 1.82) is 0 Å². The molecule has 0 saturated carbocycles. The van der Waals surface area contributed by atoms with Crippen LogP contribution in [0.1, 0.15) is 13.3 Å². The normalized spacial score (nSPS) is 10.1. The number of rotatable bonds is 9. The van der Waals surface area contributed by atoms with E-state index in [1.165, 1.54) is 6.08 Å². The SMILES string of the molecule is C=C(C)C(=O)OCC[N+](C)(C)C.C=CC(=O)OCCC[N+](C)(C)C.[Cl-].[Cl-]. The molecule has 8 heteroatoms. The van der Waals surface area contributed by atoms with Crippen molar-refractivity contribution in [2.75, 3.05) is 68.6 Å². The Balaban J connectivity index is -0.000000173. The minimum absolute atomic E-state index is 0. The zero-order valence-corrected chi connectivity index (χ0v) is 18.8. The summed E-state index contributed by atoms with van der Waals surface area (Å²) in [5, 5.41) is 0. The summed E-state index contributed by atoms with van der Waals surface area (Å²) < 4.78 is 11.4. The summed E-state index contributed by atoms with van der Waals surface area (Å²) in [4.78, 5) is 21.5. The molecule has 0 heterocycles. The van der Waals surface area contributed by atoms with Gasteiger partial charge in [0.15, 0.2) is 0 Å². The fourth-order valence-electron chi connectivity index (χ4n) is 1.31. The lowest BCUT2D eigenvalue weighted by atomic mass is 10.4. The van der Waals surface area contributed by atoms with Crippen LogP contribution >= 0.6 is 0 Å². The lowest BCUT2D eigenvalue weighted by Gasteiger charge is -2.23. The van der Waals surface area contributed by atoms with E-state index < -0.39 is 0 Å². The zero-order valence-electron chi connectivity index (χ0n) is 17.3. The molecule has 0 saturated heterocycles. The van der Waals surface area contributed by atoms with Crippen LogP contribution in [0, 0.1) is 0 Å². The molecule has 26 heavy (non-hydrogen) atoms. The highest BCUT2D eigenvalue weighted by Gasteiger charge is 2.09. The van der Waals surface area contributed by atoms with Gasteiger partial charge < -0.3 is 43.3 Å². The number of hydrogen-bond donors (Lipinski definition) is 0. The fraction of sp³-hybridized carbons (Fsp3) is 0.667. The number of quaternary nitrogens is 2. The molecule has 0 aliphatic carbocycles. The Labute approximate surface area is 171 Å². The number of carbonyl (C=O) groups excluding carboxylic acids is 2. The van der Waals surface area contributed by atoms with E-state index in [-0.39, 0.29) is 36.8 Å². The molecule has 0 radical (unpaired) electrons. The van der Waals surface area contributed by atoms with E-state index in [9.17, 15) is 9.59 Å². The highest BCUT2D eigenvalue weighted by molar-refractivity contribution is 5.86. The standard InChI is InChI=1S/2C9H18NO2.2ClH/c1-8(2)9(11)12-7-6-10(3,4)5;1-5-9(11)12-8-6-7-10(2,3)4;;/h1,6-7H2,2-5H3;5H,1,6-8H2,2-4H3;2*1H/q2*+1;;/p-2. The second-order valence-electron chi connectivity index (χ2n) is 7.67. The van der Waals surface area contributed by atoms with Crippen LogP contribution in [-0.4, -0.2) is 89.5 Å². The quantitative estimate of drug-likeness (QED) is 0.165. The first-order chi connectivity index (χ1) is 10.8. The van der Waals surface area contributed by atoms with E-state index in [0.717, 1.165) is 28.5 Å². The predicted octanol–water partition coefficient (Wildman–Crippen LogP) is -4.37. The highest BCUT2D eigenvalue weighted by atomic mass is 35.5. The van der Waals surface area contributed by atoms with Crippen LogP contribution < -0.4 is 24.8 Å². The second-order valence-corrected chi connectivity index (χ2v) is 7.67. The third-order valence-corrected chi connectivity index (χ3v) is 2.73. The molecule has 0 aliphatic rings. The van der Waals surface area contributed by atoms with E-state index in [4.69, 9.17) is 9.47 Å². The first kappa shape index (κ1) is 32.6. The predicted molar refractivity (Wildman–Crippen MR) is 97.3 cm³/mol. The molecule has 0 unspecified atom stereocenters. The first-order valence-corrected chi connectivity index (χ1v) is 8.01. The minimum Gasteiger partial charge on any atom is -1.00 e. The van der Waals surface area contributed by atoms with Crippen LogP contribution in [0.25, 0.3) is 0 Å². The van der Waals surface area contributed by atoms with Crippen molar-refractivity contribution in [2.24, 2.45) is 0 Å². The van der Waals surface area contributed by atoms with Crippen molar-refractivity contribution < 1.29 is 52.8 Å². The maximum Gasteiger partial charge on any atom is 0.333 e. The molecule has 6 nitrogen and oxygen atoms in total.